The minimum absolute atomic E-state index is 0.0529. The van der Waals surface area contributed by atoms with Crippen molar-refractivity contribution in [3.8, 4) is 0 Å². The number of fused-ring (bicyclic) bond motifs is 5. The molecule has 7 heteroatoms. The van der Waals surface area contributed by atoms with E-state index in [-0.39, 0.29) is 29.0 Å². The summed E-state index contributed by atoms with van der Waals surface area (Å²) in [5.74, 6) is -1.72. The Morgan fingerprint density at radius 2 is 1.71 bits per heavy atom. The number of rotatable bonds is 2. The Hall–Kier alpha value is -2.15. The monoisotopic (exact) mass is 488 g/mol. The summed E-state index contributed by atoms with van der Waals surface area (Å²) >= 11 is 0. The number of ether oxygens (including phenoxy) is 2. The van der Waals surface area contributed by atoms with Crippen molar-refractivity contribution in [1.82, 2.24) is 0 Å². The van der Waals surface area contributed by atoms with Crippen molar-refractivity contribution in [3.63, 3.8) is 0 Å². The second-order valence-corrected chi connectivity index (χ2v) is 12.6. The van der Waals surface area contributed by atoms with E-state index in [9.17, 15) is 24.6 Å². The van der Waals surface area contributed by atoms with Gasteiger partial charge in [0.1, 0.15) is 11.9 Å². The smallest absolute Gasteiger partial charge is 0.321 e. The number of hydrogen-bond acceptors (Lipinski definition) is 7. The van der Waals surface area contributed by atoms with Crippen molar-refractivity contribution < 1.29 is 34.1 Å². The van der Waals surface area contributed by atoms with Crippen LogP contribution >= 0.6 is 0 Å². The molecule has 0 aromatic rings. The van der Waals surface area contributed by atoms with Crippen LogP contribution in [0.5, 0.6) is 0 Å². The van der Waals surface area contributed by atoms with Crippen LogP contribution in [-0.2, 0) is 23.9 Å². The molecule has 194 valence electrons. The van der Waals surface area contributed by atoms with Gasteiger partial charge in [-0.1, -0.05) is 39.3 Å². The van der Waals surface area contributed by atoms with Crippen LogP contribution in [-0.4, -0.2) is 47.3 Å². The number of aliphatic hydroxyl groups is 2. The van der Waals surface area contributed by atoms with Crippen LogP contribution in [0.2, 0.25) is 0 Å². The Labute approximate surface area is 207 Å². The average Bonchev–Trinajstić information content (AvgIpc) is 2.92. The first kappa shape index (κ1) is 25.9. The molecule has 7 nitrogen and oxygen atoms in total. The molecule has 4 aliphatic rings. The zero-order valence-corrected chi connectivity index (χ0v) is 22.4. The van der Waals surface area contributed by atoms with Crippen molar-refractivity contribution in [2.24, 2.45) is 38.9 Å². The number of carbonyl (C=O) groups is 3. The topological polar surface area (TPSA) is 110 Å². The number of methoxy groups -OCH3 is 1. The third kappa shape index (κ3) is 2.68. The van der Waals surface area contributed by atoms with Gasteiger partial charge in [0.2, 0.25) is 0 Å². The molecule has 4 rings (SSSR count). The Balaban J connectivity index is 2.00. The predicted octanol–water partition coefficient (Wildman–Crippen LogP) is 4.29. The van der Waals surface area contributed by atoms with E-state index < -0.39 is 51.2 Å². The summed E-state index contributed by atoms with van der Waals surface area (Å²) in [7, 11) is 1.30. The number of carbonyl (C=O) groups excluding carboxylic acids is 3. The molecule has 0 heterocycles. The van der Waals surface area contributed by atoms with Crippen LogP contribution < -0.4 is 0 Å². The van der Waals surface area contributed by atoms with Crippen LogP contribution in [0.3, 0.4) is 0 Å². The van der Waals surface area contributed by atoms with Crippen molar-refractivity contribution in [2.75, 3.05) is 7.11 Å². The van der Waals surface area contributed by atoms with Crippen molar-refractivity contribution >= 4 is 17.7 Å². The van der Waals surface area contributed by atoms with E-state index in [1.165, 1.54) is 14.0 Å². The zero-order chi connectivity index (χ0) is 26.5. The molecule has 0 spiro atoms. The van der Waals surface area contributed by atoms with Gasteiger partial charge < -0.3 is 19.7 Å². The van der Waals surface area contributed by atoms with E-state index in [0.717, 1.165) is 5.57 Å². The third-order valence-electron chi connectivity index (χ3n) is 10.9. The highest BCUT2D eigenvalue weighted by Crippen LogP contribution is 2.77. The van der Waals surface area contributed by atoms with Crippen LogP contribution in [0.15, 0.2) is 23.0 Å². The number of allylic oxidation sites excluding steroid dienone is 3. The molecule has 0 aliphatic heterocycles. The van der Waals surface area contributed by atoms with E-state index >= 15 is 0 Å². The Bertz CT molecular complexity index is 1070. The van der Waals surface area contributed by atoms with Crippen molar-refractivity contribution in [2.45, 2.75) is 86.9 Å². The van der Waals surface area contributed by atoms with Crippen molar-refractivity contribution in [1.29, 1.82) is 0 Å². The van der Waals surface area contributed by atoms with E-state index in [1.807, 2.05) is 27.7 Å². The summed E-state index contributed by atoms with van der Waals surface area (Å²) in [5, 5.41) is 22.5. The van der Waals surface area contributed by atoms with Gasteiger partial charge in [0.05, 0.1) is 18.6 Å². The van der Waals surface area contributed by atoms with E-state index in [1.54, 1.807) is 13.8 Å². The molecule has 0 amide bonds. The normalized spacial score (nSPS) is 46.2. The second-order valence-electron chi connectivity index (χ2n) is 12.6. The van der Waals surface area contributed by atoms with Gasteiger partial charge in [0.15, 0.2) is 11.2 Å². The first-order valence-corrected chi connectivity index (χ1v) is 12.6. The summed E-state index contributed by atoms with van der Waals surface area (Å²) in [4.78, 5) is 39.8. The lowest BCUT2D eigenvalue weighted by Crippen LogP contribution is -2.71. The summed E-state index contributed by atoms with van der Waals surface area (Å²) in [5.41, 5.74) is -3.80. The van der Waals surface area contributed by atoms with Gasteiger partial charge in [0, 0.05) is 12.5 Å². The quantitative estimate of drug-likeness (QED) is 0.339. The first-order valence-electron chi connectivity index (χ1n) is 12.6. The number of Topliss-reactive ketones (excluding diaryl/α,β-unsaturated/α-hetero) is 1. The van der Waals surface area contributed by atoms with Gasteiger partial charge in [-0.05, 0) is 68.1 Å². The minimum Gasteiger partial charge on any atom is -0.511 e. The Morgan fingerprint density at radius 3 is 2.26 bits per heavy atom. The fraction of sp³-hybridized carbons (Fsp3) is 0.750. The van der Waals surface area contributed by atoms with Crippen LogP contribution in [0.25, 0.3) is 0 Å². The summed E-state index contributed by atoms with van der Waals surface area (Å²) < 4.78 is 11.0. The predicted molar refractivity (Wildman–Crippen MR) is 129 cm³/mol. The molecular formula is C28H40O7. The van der Waals surface area contributed by atoms with Gasteiger partial charge in [-0.15, -0.1) is 0 Å². The van der Waals surface area contributed by atoms with E-state index in [0.29, 0.717) is 19.3 Å². The zero-order valence-electron chi connectivity index (χ0n) is 22.4. The molecule has 0 aromatic carbocycles. The molecule has 0 bridgehead atoms. The van der Waals surface area contributed by atoms with Crippen molar-refractivity contribution in [3.05, 3.63) is 23.0 Å². The lowest BCUT2D eigenvalue weighted by atomic mass is 9.33. The Kier molecular flexibility index (Phi) is 5.51. The van der Waals surface area contributed by atoms with Gasteiger partial charge in [-0.3, -0.25) is 14.4 Å². The highest BCUT2D eigenvalue weighted by Gasteiger charge is 2.80. The van der Waals surface area contributed by atoms with Gasteiger partial charge in [0.25, 0.3) is 0 Å². The maximum atomic E-state index is 14.1. The summed E-state index contributed by atoms with van der Waals surface area (Å²) in [6.45, 7) is 14.7. The maximum Gasteiger partial charge on any atom is 0.321 e. The van der Waals surface area contributed by atoms with E-state index in [2.05, 4.69) is 13.0 Å². The number of esters is 2. The molecule has 2 saturated carbocycles. The Morgan fingerprint density at radius 1 is 1.11 bits per heavy atom. The fourth-order valence-corrected chi connectivity index (χ4v) is 9.29. The molecule has 35 heavy (non-hydrogen) atoms. The molecule has 2 N–H and O–H groups in total. The third-order valence-corrected chi connectivity index (χ3v) is 10.9. The van der Waals surface area contributed by atoms with Gasteiger partial charge in [-0.2, -0.15) is 0 Å². The lowest BCUT2D eigenvalue weighted by molar-refractivity contribution is -0.236. The fourth-order valence-electron chi connectivity index (χ4n) is 9.29. The number of aliphatic hydroxyl groups excluding tert-OH is 2. The van der Waals surface area contributed by atoms with Gasteiger partial charge in [-0.25, -0.2) is 0 Å². The lowest BCUT2D eigenvalue weighted by Gasteiger charge is -2.69. The molecule has 0 aromatic heterocycles. The summed E-state index contributed by atoms with van der Waals surface area (Å²) in [6, 6.07) is 0. The molecule has 8 atom stereocenters. The molecular weight excluding hydrogens is 448 g/mol. The average molecular weight is 489 g/mol. The van der Waals surface area contributed by atoms with E-state index in [4.69, 9.17) is 9.47 Å². The standard InChI is InChI=1S/C28H40O7/c1-14-12-19-25(6)13-17(35-16(3)29)22(32)24(4,5)18(25)10-11-26(19,7)28(23(33)34-9)21(31)15(2)20(30)27(14,28)8/h12,17-19,22,30,32H,10-11,13H2,1-9H3/t17-,18+,19-,22-,25+,26-,27-,28+/m0/s1. The maximum absolute atomic E-state index is 14.1. The first-order chi connectivity index (χ1) is 16.0. The molecule has 0 unspecified atom stereocenters. The SMILES string of the molecule is COC(=O)[C@@]12C(=O)C(C)=C(O)[C@]1(C)C(C)=C[C@H]1[C@]3(C)C[C@H](OC(C)=O)[C@H](O)C(C)(C)[C@H]3CC[C@@]12C. The highest BCUT2D eigenvalue weighted by molar-refractivity contribution is 6.17. The number of hydrogen-bond donors (Lipinski definition) is 2. The molecule has 4 aliphatic carbocycles. The molecule has 2 fully saturated rings. The highest BCUT2D eigenvalue weighted by atomic mass is 16.6. The summed E-state index contributed by atoms with van der Waals surface area (Å²) in [6.07, 6.45) is 2.24. The van der Waals surface area contributed by atoms with Crippen LogP contribution in [0.1, 0.15) is 74.7 Å². The number of ketones is 1. The van der Waals surface area contributed by atoms with Gasteiger partial charge >= 0.3 is 11.9 Å². The second kappa shape index (κ2) is 7.44. The van der Waals surface area contributed by atoms with Crippen LogP contribution in [0.4, 0.5) is 0 Å². The largest absolute Gasteiger partial charge is 0.511 e. The molecule has 0 saturated heterocycles. The van der Waals surface area contributed by atoms with Crippen LogP contribution in [0, 0.1) is 38.9 Å². The minimum atomic E-state index is -1.61. The molecule has 0 radical (unpaired) electrons.